The number of nitro groups is 1. The van der Waals surface area contributed by atoms with Gasteiger partial charge in [-0.05, 0) is 16.0 Å². The van der Waals surface area contributed by atoms with Crippen molar-refractivity contribution in [2.24, 2.45) is 11.8 Å². The van der Waals surface area contributed by atoms with Crippen molar-refractivity contribution in [3.05, 3.63) is 34.0 Å². The Balaban J connectivity index is 1.99. The van der Waals surface area contributed by atoms with E-state index in [1.165, 1.54) is 6.07 Å². The minimum atomic E-state index is -3.07. The Labute approximate surface area is 134 Å². The van der Waals surface area contributed by atoms with Crippen LogP contribution in [0, 0.1) is 33.3 Å². The standard InChI is InChI=1S/C14H12F2N4O4/c15-14(16)4-9(6-17)10(5-14)11(21)7-19-13(22)8-1-2-18-12(3-8)20(23)24/h1-3,9-10H,4-5,7H2,(H,19,22)/t9-,10?/m0/s1. The Morgan fingerprint density at radius 2 is 2.21 bits per heavy atom. The van der Waals surface area contributed by atoms with Crippen molar-refractivity contribution in [1.29, 1.82) is 5.26 Å². The van der Waals surface area contributed by atoms with Crippen molar-refractivity contribution in [1.82, 2.24) is 10.3 Å². The fourth-order valence-corrected chi connectivity index (χ4v) is 2.55. The highest BCUT2D eigenvalue weighted by Gasteiger charge is 2.49. The SMILES string of the molecule is N#C[C@@H]1CC(F)(F)CC1C(=O)CNC(=O)c1ccnc([N+](=O)[O-])c1. The van der Waals surface area contributed by atoms with Gasteiger partial charge >= 0.3 is 5.82 Å². The van der Waals surface area contributed by atoms with Crippen LogP contribution >= 0.6 is 0 Å². The van der Waals surface area contributed by atoms with Crippen molar-refractivity contribution in [2.75, 3.05) is 6.54 Å². The summed E-state index contributed by atoms with van der Waals surface area (Å²) in [6.45, 7) is -0.534. The second kappa shape index (κ2) is 6.66. The summed E-state index contributed by atoms with van der Waals surface area (Å²) in [4.78, 5) is 37.2. The first kappa shape index (κ1) is 17.4. The molecule has 1 aromatic heterocycles. The predicted molar refractivity (Wildman–Crippen MR) is 75.0 cm³/mol. The summed E-state index contributed by atoms with van der Waals surface area (Å²) in [5.74, 6) is -7.28. The molecule has 0 bridgehead atoms. The number of hydrogen-bond acceptors (Lipinski definition) is 6. The van der Waals surface area contributed by atoms with Crippen LogP contribution in [0.25, 0.3) is 0 Å². The molecule has 1 N–H and O–H groups in total. The number of pyridine rings is 1. The van der Waals surface area contributed by atoms with Gasteiger partial charge < -0.3 is 15.4 Å². The van der Waals surface area contributed by atoms with Gasteiger partial charge in [0.05, 0.1) is 24.1 Å². The molecule has 0 aromatic carbocycles. The van der Waals surface area contributed by atoms with E-state index in [9.17, 15) is 28.5 Å². The fraction of sp³-hybridized carbons (Fsp3) is 0.429. The highest BCUT2D eigenvalue weighted by atomic mass is 19.3. The monoisotopic (exact) mass is 338 g/mol. The highest BCUT2D eigenvalue weighted by molar-refractivity contribution is 5.97. The van der Waals surface area contributed by atoms with Gasteiger partial charge in [-0.2, -0.15) is 5.26 Å². The minimum Gasteiger partial charge on any atom is -0.358 e. The summed E-state index contributed by atoms with van der Waals surface area (Å²) < 4.78 is 26.6. The van der Waals surface area contributed by atoms with Gasteiger partial charge in [-0.1, -0.05) is 0 Å². The van der Waals surface area contributed by atoms with Crippen LogP contribution in [-0.4, -0.2) is 34.1 Å². The number of carbonyl (C=O) groups excluding carboxylic acids is 2. The van der Waals surface area contributed by atoms with Crippen LogP contribution in [0.5, 0.6) is 0 Å². The van der Waals surface area contributed by atoms with Crippen molar-refractivity contribution < 1.29 is 23.3 Å². The van der Waals surface area contributed by atoms with E-state index < -0.39 is 59.6 Å². The minimum absolute atomic E-state index is 0.0851. The zero-order valence-electron chi connectivity index (χ0n) is 12.2. The van der Waals surface area contributed by atoms with Crippen molar-refractivity contribution >= 4 is 17.5 Å². The van der Waals surface area contributed by atoms with Crippen LogP contribution < -0.4 is 5.32 Å². The number of aromatic nitrogens is 1. The smallest absolute Gasteiger partial charge is 0.358 e. The zero-order chi connectivity index (χ0) is 17.9. The van der Waals surface area contributed by atoms with Gasteiger partial charge in [-0.25, -0.2) is 8.78 Å². The van der Waals surface area contributed by atoms with Crippen LogP contribution in [0.1, 0.15) is 23.2 Å². The number of nitrogens with zero attached hydrogens (tertiary/aromatic N) is 3. The predicted octanol–water partition coefficient (Wildman–Crippen LogP) is 1.47. The van der Waals surface area contributed by atoms with Crippen LogP contribution in [-0.2, 0) is 4.79 Å². The Hall–Kier alpha value is -2.96. The quantitative estimate of drug-likeness (QED) is 0.640. The van der Waals surface area contributed by atoms with E-state index in [1.54, 1.807) is 6.07 Å². The molecular formula is C14H12F2N4O4. The third-order valence-corrected chi connectivity index (χ3v) is 3.72. The van der Waals surface area contributed by atoms with Crippen LogP contribution in [0.2, 0.25) is 0 Å². The number of alkyl halides is 2. The number of Topliss-reactive ketones (excluding diaryl/α,β-unsaturated/α-hetero) is 1. The van der Waals surface area contributed by atoms with Gasteiger partial charge in [0.2, 0.25) is 5.92 Å². The lowest BCUT2D eigenvalue weighted by Crippen LogP contribution is -2.34. The molecule has 0 radical (unpaired) electrons. The molecule has 2 rings (SSSR count). The molecule has 1 fully saturated rings. The second-order valence-corrected chi connectivity index (χ2v) is 5.42. The number of nitriles is 1. The van der Waals surface area contributed by atoms with Crippen LogP contribution in [0.4, 0.5) is 14.6 Å². The maximum absolute atomic E-state index is 13.3. The van der Waals surface area contributed by atoms with E-state index in [0.717, 1.165) is 12.3 Å². The van der Waals surface area contributed by atoms with Crippen molar-refractivity contribution in [2.45, 2.75) is 18.8 Å². The molecule has 0 saturated heterocycles. The van der Waals surface area contributed by atoms with Gasteiger partial charge in [0.15, 0.2) is 5.78 Å². The number of rotatable bonds is 5. The Bertz CT molecular complexity index is 732. The highest BCUT2D eigenvalue weighted by Crippen LogP contribution is 2.43. The zero-order valence-corrected chi connectivity index (χ0v) is 12.2. The van der Waals surface area contributed by atoms with Crippen LogP contribution in [0.3, 0.4) is 0 Å². The number of nitrogens with one attached hydrogen (secondary N) is 1. The van der Waals surface area contributed by atoms with E-state index in [-0.39, 0.29) is 5.56 Å². The maximum Gasteiger partial charge on any atom is 0.364 e. The topological polar surface area (TPSA) is 126 Å². The molecule has 126 valence electrons. The van der Waals surface area contributed by atoms with E-state index >= 15 is 0 Å². The lowest BCUT2D eigenvalue weighted by atomic mass is 9.93. The second-order valence-electron chi connectivity index (χ2n) is 5.42. The fourth-order valence-electron chi connectivity index (χ4n) is 2.55. The molecule has 0 spiro atoms. The van der Waals surface area contributed by atoms with Gasteiger partial charge in [-0.15, -0.1) is 0 Å². The maximum atomic E-state index is 13.3. The first-order valence-corrected chi connectivity index (χ1v) is 6.92. The van der Waals surface area contributed by atoms with Crippen molar-refractivity contribution in [3.63, 3.8) is 0 Å². The molecule has 1 saturated carbocycles. The van der Waals surface area contributed by atoms with E-state index in [4.69, 9.17) is 5.26 Å². The molecular weight excluding hydrogens is 326 g/mol. The normalized spacial score (nSPS) is 21.7. The summed E-state index contributed by atoms with van der Waals surface area (Å²) in [7, 11) is 0. The molecule has 8 nitrogen and oxygen atoms in total. The third-order valence-electron chi connectivity index (χ3n) is 3.72. The van der Waals surface area contributed by atoms with Crippen molar-refractivity contribution in [3.8, 4) is 6.07 Å². The molecule has 0 aliphatic heterocycles. The lowest BCUT2D eigenvalue weighted by molar-refractivity contribution is -0.389. The first-order valence-electron chi connectivity index (χ1n) is 6.92. The number of ketones is 1. The largest absolute Gasteiger partial charge is 0.364 e. The summed E-state index contributed by atoms with van der Waals surface area (Å²) in [6.07, 6.45) is -0.330. The number of carbonyl (C=O) groups is 2. The average Bonchev–Trinajstić information content (AvgIpc) is 2.87. The van der Waals surface area contributed by atoms with E-state index in [0.29, 0.717) is 0 Å². The molecule has 24 heavy (non-hydrogen) atoms. The third kappa shape index (κ3) is 3.87. The molecule has 2 atom stereocenters. The molecule has 10 heteroatoms. The van der Waals surface area contributed by atoms with Crippen LogP contribution in [0.15, 0.2) is 18.3 Å². The summed E-state index contributed by atoms with van der Waals surface area (Å²) >= 11 is 0. The lowest BCUT2D eigenvalue weighted by Gasteiger charge is -2.12. The molecule has 1 aromatic rings. The van der Waals surface area contributed by atoms with Gasteiger partial charge in [0, 0.05) is 24.8 Å². The Morgan fingerprint density at radius 3 is 2.83 bits per heavy atom. The Morgan fingerprint density at radius 1 is 1.50 bits per heavy atom. The number of amides is 1. The molecule has 1 aliphatic carbocycles. The number of halogens is 2. The van der Waals surface area contributed by atoms with E-state index in [2.05, 4.69) is 10.3 Å². The average molecular weight is 338 g/mol. The molecule has 1 amide bonds. The van der Waals surface area contributed by atoms with Gasteiger partial charge in [-0.3, -0.25) is 9.59 Å². The summed E-state index contributed by atoms with van der Waals surface area (Å²) in [5.41, 5.74) is -0.0851. The van der Waals surface area contributed by atoms with Gasteiger partial charge in [0.25, 0.3) is 5.91 Å². The van der Waals surface area contributed by atoms with E-state index in [1.807, 2.05) is 0 Å². The number of hydrogen-bond donors (Lipinski definition) is 1. The molecule has 1 unspecified atom stereocenters. The summed E-state index contributed by atoms with van der Waals surface area (Å²) in [5, 5.41) is 21.7. The molecule has 1 aliphatic rings. The summed E-state index contributed by atoms with van der Waals surface area (Å²) in [6, 6.07) is 3.84. The van der Waals surface area contributed by atoms with Gasteiger partial charge in [0.1, 0.15) is 6.20 Å². The Kier molecular flexibility index (Phi) is 4.82. The first-order chi connectivity index (χ1) is 11.2. The molecule has 1 heterocycles.